The number of piperidine rings is 1. The van der Waals surface area contributed by atoms with Gasteiger partial charge < -0.3 is 14.7 Å². The van der Waals surface area contributed by atoms with Crippen molar-refractivity contribution in [3.63, 3.8) is 0 Å². The quantitative estimate of drug-likeness (QED) is 0.497. The van der Waals surface area contributed by atoms with Crippen LogP contribution in [0, 0.1) is 17.7 Å². The van der Waals surface area contributed by atoms with Crippen molar-refractivity contribution in [1.29, 1.82) is 0 Å². The van der Waals surface area contributed by atoms with Crippen LogP contribution in [0.2, 0.25) is 0 Å². The molecule has 4 aromatic rings. The summed E-state index contributed by atoms with van der Waals surface area (Å²) in [7, 11) is 1.49. The number of methoxy groups -OCH3 is 1. The molecule has 32 heavy (non-hydrogen) atoms. The molecule has 162 valence electrons. The highest BCUT2D eigenvalue weighted by atomic mass is 19.1. The third-order valence-corrected chi connectivity index (χ3v) is 6.83. The highest BCUT2D eigenvalue weighted by Crippen LogP contribution is 2.41. The summed E-state index contributed by atoms with van der Waals surface area (Å²) in [5.74, 6) is 1.51. The molecule has 1 N–H and O–H groups in total. The summed E-state index contributed by atoms with van der Waals surface area (Å²) in [4.78, 5) is 15.7. The second kappa shape index (κ2) is 7.29. The van der Waals surface area contributed by atoms with Gasteiger partial charge in [-0.15, -0.1) is 0 Å². The number of aromatic nitrogens is 3. The van der Waals surface area contributed by atoms with Gasteiger partial charge >= 0.3 is 6.01 Å². The number of fused-ring (bicyclic) bond motifs is 4. The Bertz CT molecular complexity index is 1350. The number of pyridine rings is 1. The summed E-state index contributed by atoms with van der Waals surface area (Å²) in [6.07, 6.45) is 5.39. The van der Waals surface area contributed by atoms with Crippen LogP contribution in [0.15, 0.2) is 42.6 Å². The molecule has 2 aromatic carbocycles. The van der Waals surface area contributed by atoms with Gasteiger partial charge in [0.25, 0.3) is 0 Å². The Morgan fingerprint density at radius 2 is 1.84 bits per heavy atom. The topological polar surface area (TPSA) is 71.4 Å². The van der Waals surface area contributed by atoms with Crippen molar-refractivity contribution in [2.45, 2.75) is 19.3 Å². The number of aromatic hydroxyl groups is 1. The largest absolute Gasteiger partial charge is 0.508 e. The maximum absolute atomic E-state index is 15.9. The average Bonchev–Trinajstić information content (AvgIpc) is 3.15. The number of hydrogen-bond donors (Lipinski definition) is 1. The first kappa shape index (κ1) is 19.2. The number of hydrogen-bond acceptors (Lipinski definition) is 6. The minimum absolute atomic E-state index is 0.0599. The zero-order valence-electron chi connectivity index (χ0n) is 17.8. The number of rotatable bonds is 3. The van der Waals surface area contributed by atoms with Gasteiger partial charge in [0.1, 0.15) is 22.8 Å². The number of benzene rings is 2. The van der Waals surface area contributed by atoms with Crippen LogP contribution in [-0.4, -0.2) is 40.3 Å². The Hall–Kier alpha value is -3.48. The predicted molar refractivity (Wildman–Crippen MR) is 121 cm³/mol. The van der Waals surface area contributed by atoms with E-state index in [1.165, 1.54) is 26.4 Å². The number of nitrogens with zero attached hydrogens (tertiary/aromatic N) is 4. The van der Waals surface area contributed by atoms with Crippen molar-refractivity contribution in [3.8, 4) is 23.0 Å². The number of anilines is 1. The Balaban J connectivity index is 1.56. The zero-order chi connectivity index (χ0) is 21.8. The van der Waals surface area contributed by atoms with E-state index in [1.807, 2.05) is 24.3 Å². The molecule has 2 unspecified atom stereocenters. The summed E-state index contributed by atoms with van der Waals surface area (Å²) >= 11 is 0. The third kappa shape index (κ3) is 3.03. The van der Waals surface area contributed by atoms with Crippen LogP contribution in [0.25, 0.3) is 32.9 Å². The average molecular weight is 430 g/mol. The molecule has 0 spiro atoms. The molecule has 3 heterocycles. The molecule has 0 radical (unpaired) electrons. The van der Waals surface area contributed by atoms with Gasteiger partial charge in [-0.2, -0.15) is 9.97 Å². The molecule has 1 aliphatic carbocycles. The lowest BCUT2D eigenvalue weighted by Gasteiger charge is -2.33. The van der Waals surface area contributed by atoms with Crippen LogP contribution in [0.5, 0.6) is 11.8 Å². The summed E-state index contributed by atoms with van der Waals surface area (Å²) < 4.78 is 21.3. The van der Waals surface area contributed by atoms with Crippen molar-refractivity contribution < 1.29 is 14.2 Å². The van der Waals surface area contributed by atoms with E-state index in [4.69, 9.17) is 4.74 Å². The number of ether oxygens (including phenoxy) is 1. The molecule has 1 aliphatic heterocycles. The number of phenolic OH excluding ortho intramolecular Hbond substituents is 1. The molecule has 0 amide bonds. The van der Waals surface area contributed by atoms with E-state index in [9.17, 15) is 5.11 Å². The normalized spacial score (nSPS) is 20.2. The van der Waals surface area contributed by atoms with E-state index in [2.05, 4.69) is 19.9 Å². The fourth-order valence-electron chi connectivity index (χ4n) is 5.41. The van der Waals surface area contributed by atoms with Crippen LogP contribution < -0.4 is 9.64 Å². The maximum atomic E-state index is 15.9. The Kier molecular flexibility index (Phi) is 4.38. The van der Waals surface area contributed by atoms with E-state index >= 15 is 4.39 Å². The molecule has 6 rings (SSSR count). The molecule has 1 saturated heterocycles. The van der Waals surface area contributed by atoms with Gasteiger partial charge in [-0.25, -0.2) is 4.39 Å². The highest BCUT2D eigenvalue weighted by Gasteiger charge is 2.34. The summed E-state index contributed by atoms with van der Waals surface area (Å²) in [5, 5.41) is 12.4. The maximum Gasteiger partial charge on any atom is 0.318 e. The molecule has 2 bridgehead atoms. The van der Waals surface area contributed by atoms with Gasteiger partial charge in [-0.3, -0.25) is 4.98 Å². The minimum Gasteiger partial charge on any atom is -0.508 e. The monoisotopic (exact) mass is 430 g/mol. The molecule has 2 atom stereocenters. The second-order valence-corrected chi connectivity index (χ2v) is 8.88. The number of phenols is 1. The van der Waals surface area contributed by atoms with E-state index in [1.54, 1.807) is 18.3 Å². The van der Waals surface area contributed by atoms with Crippen LogP contribution in [0.4, 0.5) is 10.2 Å². The SMILES string of the molecule is COc1nc(N2CC3CCC(C3)C2)c2cnc(-c3cc(O)cc4ccccc34)c(F)c2n1. The molecule has 6 nitrogen and oxygen atoms in total. The van der Waals surface area contributed by atoms with Crippen LogP contribution in [0.3, 0.4) is 0 Å². The third-order valence-electron chi connectivity index (χ3n) is 6.83. The van der Waals surface area contributed by atoms with Crippen molar-refractivity contribution in [2.75, 3.05) is 25.1 Å². The lowest BCUT2D eigenvalue weighted by molar-refractivity contribution is 0.378. The lowest BCUT2D eigenvalue weighted by Crippen LogP contribution is -2.37. The molecule has 1 saturated carbocycles. The molecule has 2 fully saturated rings. The molecular weight excluding hydrogens is 407 g/mol. The lowest BCUT2D eigenvalue weighted by atomic mass is 9.98. The van der Waals surface area contributed by atoms with Gasteiger partial charge in [0, 0.05) is 24.8 Å². The van der Waals surface area contributed by atoms with E-state index < -0.39 is 5.82 Å². The fraction of sp³-hybridized carbons (Fsp3) is 0.320. The summed E-state index contributed by atoms with van der Waals surface area (Å²) in [6, 6.07) is 10.9. The first-order chi connectivity index (χ1) is 15.6. The smallest absolute Gasteiger partial charge is 0.318 e. The fourth-order valence-corrected chi connectivity index (χ4v) is 5.41. The zero-order valence-corrected chi connectivity index (χ0v) is 17.8. The predicted octanol–water partition coefficient (Wildman–Crippen LogP) is 4.93. The molecule has 2 aliphatic rings. The van der Waals surface area contributed by atoms with E-state index in [0.29, 0.717) is 28.6 Å². The van der Waals surface area contributed by atoms with Crippen molar-refractivity contribution in [3.05, 3.63) is 48.4 Å². The van der Waals surface area contributed by atoms with Crippen LogP contribution in [-0.2, 0) is 0 Å². The summed E-state index contributed by atoms with van der Waals surface area (Å²) in [6.45, 7) is 1.82. The Morgan fingerprint density at radius 1 is 1.06 bits per heavy atom. The first-order valence-corrected chi connectivity index (χ1v) is 11.0. The van der Waals surface area contributed by atoms with Crippen LogP contribution >= 0.6 is 0 Å². The van der Waals surface area contributed by atoms with Crippen molar-refractivity contribution in [2.24, 2.45) is 11.8 Å². The van der Waals surface area contributed by atoms with Crippen molar-refractivity contribution >= 4 is 27.5 Å². The standard InChI is InChI=1S/C25H23FN4O2/c1-32-25-28-23-20(24(29-25)30-12-14-6-7-15(8-14)13-30)11-27-22(21(23)26)19-10-17(31)9-16-4-2-3-5-18(16)19/h2-5,9-11,14-15,31H,6-8,12-13H2,1H3. The van der Waals surface area contributed by atoms with Gasteiger partial charge in [0.2, 0.25) is 0 Å². The Labute approximate surface area is 184 Å². The van der Waals surface area contributed by atoms with Crippen molar-refractivity contribution in [1.82, 2.24) is 15.0 Å². The number of halogens is 1. The van der Waals surface area contributed by atoms with E-state index in [-0.39, 0.29) is 23.0 Å². The van der Waals surface area contributed by atoms with Gasteiger partial charge in [0.15, 0.2) is 5.82 Å². The van der Waals surface area contributed by atoms with Gasteiger partial charge in [-0.05, 0) is 54.0 Å². The molecular formula is C25H23FN4O2. The van der Waals surface area contributed by atoms with Crippen LogP contribution in [0.1, 0.15) is 19.3 Å². The minimum atomic E-state index is -0.541. The van der Waals surface area contributed by atoms with E-state index in [0.717, 1.165) is 23.9 Å². The Morgan fingerprint density at radius 3 is 2.62 bits per heavy atom. The second-order valence-electron chi connectivity index (χ2n) is 8.88. The molecule has 2 aromatic heterocycles. The van der Waals surface area contributed by atoms with Gasteiger partial charge in [-0.1, -0.05) is 24.3 Å². The summed E-state index contributed by atoms with van der Waals surface area (Å²) in [5.41, 5.74) is 0.854. The van der Waals surface area contributed by atoms with Gasteiger partial charge in [0.05, 0.1) is 12.5 Å². The molecule has 7 heteroatoms. The highest BCUT2D eigenvalue weighted by molar-refractivity contribution is 5.99. The first-order valence-electron chi connectivity index (χ1n) is 11.0.